The Morgan fingerprint density at radius 2 is 1.92 bits per heavy atom. The molecule has 0 aliphatic rings. The highest BCUT2D eigenvalue weighted by molar-refractivity contribution is 5.90. The Morgan fingerprint density at radius 3 is 2.50 bits per heavy atom. The summed E-state index contributed by atoms with van der Waals surface area (Å²) in [6.07, 6.45) is -2.53. The molecule has 0 fully saturated rings. The molecule has 1 heterocycles. The number of rotatable bonds is 5. The van der Waals surface area contributed by atoms with Gasteiger partial charge in [0, 0.05) is 12.1 Å². The lowest BCUT2D eigenvalue weighted by Gasteiger charge is -2.11. The second kappa shape index (κ2) is 7.33. The number of carbonyl (C=O) groups excluding carboxylic acids is 1. The molecule has 1 aromatic heterocycles. The lowest BCUT2D eigenvalue weighted by molar-refractivity contribution is -0.137. The van der Waals surface area contributed by atoms with Crippen LogP contribution in [0.3, 0.4) is 0 Å². The monoisotopic (exact) mass is 337 g/mol. The van der Waals surface area contributed by atoms with Crippen LogP contribution < -0.4 is 10.6 Å². The van der Waals surface area contributed by atoms with Gasteiger partial charge in [-0.3, -0.25) is 4.79 Å². The van der Waals surface area contributed by atoms with Gasteiger partial charge in [0.2, 0.25) is 5.91 Å². The van der Waals surface area contributed by atoms with Crippen LogP contribution in [0.2, 0.25) is 0 Å². The van der Waals surface area contributed by atoms with E-state index in [1.807, 2.05) is 13.8 Å². The molecular weight excluding hydrogens is 319 g/mol. The molecule has 1 amide bonds. The number of pyridine rings is 1. The third-order valence-corrected chi connectivity index (χ3v) is 3.10. The van der Waals surface area contributed by atoms with Crippen LogP contribution in [0.15, 0.2) is 42.6 Å². The lowest BCUT2D eigenvalue weighted by atomic mass is 10.1. The first kappa shape index (κ1) is 17.8. The number of benzene rings is 1. The molecular formula is C17H18F3N3O. The van der Waals surface area contributed by atoms with Gasteiger partial charge in [0.1, 0.15) is 5.82 Å². The van der Waals surface area contributed by atoms with Crippen LogP contribution in [0.5, 0.6) is 0 Å². The van der Waals surface area contributed by atoms with Gasteiger partial charge in [0.05, 0.1) is 17.4 Å². The van der Waals surface area contributed by atoms with E-state index in [4.69, 9.17) is 0 Å². The number of alkyl halides is 3. The minimum Gasteiger partial charge on any atom is -0.340 e. The third-order valence-electron chi connectivity index (χ3n) is 3.10. The van der Waals surface area contributed by atoms with Gasteiger partial charge in [-0.15, -0.1) is 0 Å². The van der Waals surface area contributed by atoms with Crippen molar-refractivity contribution >= 4 is 23.1 Å². The number of hydrogen-bond acceptors (Lipinski definition) is 3. The molecule has 2 rings (SSSR count). The van der Waals surface area contributed by atoms with Crippen molar-refractivity contribution < 1.29 is 18.0 Å². The van der Waals surface area contributed by atoms with Gasteiger partial charge in [-0.05, 0) is 36.2 Å². The van der Waals surface area contributed by atoms with E-state index in [-0.39, 0.29) is 17.5 Å². The lowest BCUT2D eigenvalue weighted by Crippen LogP contribution is -2.14. The first-order chi connectivity index (χ1) is 11.2. The zero-order valence-corrected chi connectivity index (χ0v) is 13.3. The number of amides is 1. The van der Waals surface area contributed by atoms with Crippen LogP contribution in [0.25, 0.3) is 0 Å². The van der Waals surface area contributed by atoms with Crippen molar-refractivity contribution in [3.8, 4) is 0 Å². The highest BCUT2D eigenvalue weighted by Gasteiger charge is 2.30. The number of halogens is 3. The molecule has 7 heteroatoms. The summed E-state index contributed by atoms with van der Waals surface area (Å²) in [6, 6.07) is 8.10. The maximum Gasteiger partial charge on any atom is 0.416 e. The van der Waals surface area contributed by atoms with Crippen molar-refractivity contribution in [2.24, 2.45) is 5.92 Å². The van der Waals surface area contributed by atoms with E-state index in [2.05, 4.69) is 15.6 Å². The molecule has 0 saturated carbocycles. The molecule has 4 nitrogen and oxygen atoms in total. The van der Waals surface area contributed by atoms with Gasteiger partial charge in [-0.25, -0.2) is 4.98 Å². The molecule has 0 bridgehead atoms. The van der Waals surface area contributed by atoms with Crippen LogP contribution >= 0.6 is 0 Å². The summed E-state index contributed by atoms with van der Waals surface area (Å²) in [5.41, 5.74) is 0.0919. The summed E-state index contributed by atoms with van der Waals surface area (Å²) in [6.45, 7) is 3.89. The summed E-state index contributed by atoms with van der Waals surface area (Å²) in [5, 5.41) is 5.52. The van der Waals surface area contributed by atoms with Crippen molar-refractivity contribution in [3.63, 3.8) is 0 Å². The Labute approximate surface area is 138 Å². The molecule has 0 atom stereocenters. The summed E-state index contributed by atoms with van der Waals surface area (Å²) in [4.78, 5) is 15.8. The minimum atomic E-state index is -4.39. The first-order valence-corrected chi connectivity index (χ1v) is 7.44. The van der Waals surface area contributed by atoms with E-state index in [0.29, 0.717) is 17.9 Å². The first-order valence-electron chi connectivity index (χ1n) is 7.44. The summed E-state index contributed by atoms with van der Waals surface area (Å²) in [5.74, 6) is 0.529. The van der Waals surface area contributed by atoms with Crippen LogP contribution in [0.1, 0.15) is 25.8 Å². The third kappa shape index (κ3) is 5.26. The Kier molecular flexibility index (Phi) is 5.43. The largest absolute Gasteiger partial charge is 0.416 e. The second-order valence-electron chi connectivity index (χ2n) is 5.78. The molecule has 1 aromatic carbocycles. The number of nitrogens with zero attached hydrogens (tertiary/aromatic N) is 1. The molecule has 128 valence electrons. The standard InChI is InChI=1S/C17H18F3N3O/c1-11(2)8-16(24)23-14-6-7-15(21-10-14)22-13-5-3-4-12(9-13)17(18,19)20/h3-7,9-11H,8H2,1-2H3,(H,21,22)(H,23,24). The van der Waals surface area contributed by atoms with Crippen molar-refractivity contribution in [1.29, 1.82) is 0 Å². The van der Waals surface area contributed by atoms with E-state index in [0.717, 1.165) is 12.1 Å². The zero-order chi connectivity index (χ0) is 17.7. The predicted octanol–water partition coefficient (Wildman–Crippen LogP) is 4.83. The Bertz CT molecular complexity index is 697. The van der Waals surface area contributed by atoms with Crippen LogP contribution in [0, 0.1) is 5.92 Å². The normalized spacial score (nSPS) is 11.4. The molecule has 0 spiro atoms. The second-order valence-corrected chi connectivity index (χ2v) is 5.78. The van der Waals surface area contributed by atoms with Crippen LogP contribution in [-0.2, 0) is 11.0 Å². The fourth-order valence-corrected chi connectivity index (χ4v) is 2.05. The fraction of sp³-hybridized carbons (Fsp3) is 0.294. The molecule has 0 aliphatic carbocycles. The molecule has 0 aliphatic heterocycles. The number of aromatic nitrogens is 1. The van der Waals surface area contributed by atoms with E-state index in [1.165, 1.54) is 18.3 Å². The van der Waals surface area contributed by atoms with Crippen molar-refractivity contribution in [3.05, 3.63) is 48.2 Å². The van der Waals surface area contributed by atoms with Gasteiger partial charge in [0.15, 0.2) is 0 Å². The van der Waals surface area contributed by atoms with Gasteiger partial charge < -0.3 is 10.6 Å². The van der Waals surface area contributed by atoms with Gasteiger partial charge in [-0.1, -0.05) is 19.9 Å². The van der Waals surface area contributed by atoms with Crippen molar-refractivity contribution in [1.82, 2.24) is 4.98 Å². The molecule has 2 N–H and O–H groups in total. The van der Waals surface area contributed by atoms with Crippen molar-refractivity contribution in [2.45, 2.75) is 26.4 Å². The van der Waals surface area contributed by atoms with Crippen molar-refractivity contribution in [2.75, 3.05) is 10.6 Å². The van der Waals surface area contributed by atoms with Crippen LogP contribution in [-0.4, -0.2) is 10.9 Å². The molecule has 0 radical (unpaired) electrons. The van der Waals surface area contributed by atoms with E-state index < -0.39 is 11.7 Å². The number of hydrogen-bond donors (Lipinski definition) is 2. The average molecular weight is 337 g/mol. The van der Waals surface area contributed by atoms with Gasteiger partial charge in [0.25, 0.3) is 0 Å². The highest BCUT2D eigenvalue weighted by atomic mass is 19.4. The van der Waals surface area contributed by atoms with Gasteiger partial charge in [-0.2, -0.15) is 13.2 Å². The molecule has 24 heavy (non-hydrogen) atoms. The Balaban J connectivity index is 2.03. The molecule has 0 saturated heterocycles. The minimum absolute atomic E-state index is 0.106. The summed E-state index contributed by atoms with van der Waals surface area (Å²) in [7, 11) is 0. The predicted molar refractivity (Wildman–Crippen MR) is 87.0 cm³/mol. The van der Waals surface area contributed by atoms with E-state index in [9.17, 15) is 18.0 Å². The maximum absolute atomic E-state index is 12.7. The summed E-state index contributed by atoms with van der Waals surface area (Å²) >= 11 is 0. The quantitative estimate of drug-likeness (QED) is 0.822. The van der Waals surface area contributed by atoms with E-state index >= 15 is 0 Å². The zero-order valence-electron chi connectivity index (χ0n) is 13.3. The number of anilines is 3. The average Bonchev–Trinajstić information content (AvgIpc) is 2.48. The Morgan fingerprint density at radius 1 is 1.17 bits per heavy atom. The SMILES string of the molecule is CC(C)CC(=O)Nc1ccc(Nc2cccc(C(F)(F)F)c2)nc1. The summed E-state index contributed by atoms with van der Waals surface area (Å²) < 4.78 is 38.1. The van der Waals surface area contributed by atoms with Crippen LogP contribution in [0.4, 0.5) is 30.4 Å². The van der Waals surface area contributed by atoms with Gasteiger partial charge >= 0.3 is 6.18 Å². The smallest absolute Gasteiger partial charge is 0.340 e. The Hall–Kier alpha value is -2.57. The fourth-order valence-electron chi connectivity index (χ4n) is 2.05. The molecule has 0 unspecified atom stereocenters. The van der Waals surface area contributed by atoms with E-state index in [1.54, 1.807) is 12.1 Å². The number of nitrogens with one attached hydrogen (secondary N) is 2. The number of carbonyl (C=O) groups is 1. The maximum atomic E-state index is 12.7. The molecule has 2 aromatic rings. The topological polar surface area (TPSA) is 54.0 Å². The highest BCUT2D eigenvalue weighted by Crippen LogP contribution is 2.31.